The number of oxazole rings is 1. The summed E-state index contributed by atoms with van der Waals surface area (Å²) in [6.07, 6.45) is 3.61. The van der Waals surface area contributed by atoms with Crippen molar-refractivity contribution in [3.63, 3.8) is 0 Å². The summed E-state index contributed by atoms with van der Waals surface area (Å²) in [5.74, 6) is 0.761. The number of para-hydroxylation sites is 2. The maximum Gasteiger partial charge on any atom is 0.298 e. The number of nitrogens with one attached hydrogen (secondary N) is 1. The molecule has 0 amide bonds. The largest absolute Gasteiger partial charge is 0.423 e. The number of rotatable bonds is 5. The number of hydrogen-bond acceptors (Lipinski definition) is 4. The highest BCUT2D eigenvalue weighted by molar-refractivity contribution is 5.74. The van der Waals surface area contributed by atoms with Gasteiger partial charge < -0.3 is 14.6 Å². The molecule has 0 radical (unpaired) electrons. The first kappa shape index (κ1) is 14.4. The Morgan fingerprint density at radius 2 is 2.10 bits per heavy atom. The van der Waals surface area contributed by atoms with Crippen LogP contribution in [0.4, 0.5) is 6.01 Å². The molecule has 1 fully saturated rings. The van der Waals surface area contributed by atoms with Crippen molar-refractivity contribution in [1.29, 1.82) is 0 Å². The third-order valence-electron chi connectivity index (χ3n) is 4.52. The Morgan fingerprint density at radius 3 is 2.81 bits per heavy atom. The van der Waals surface area contributed by atoms with E-state index in [2.05, 4.69) is 29.0 Å². The summed E-state index contributed by atoms with van der Waals surface area (Å²) in [5, 5.41) is 3.62. The number of anilines is 1. The third kappa shape index (κ3) is 3.21. The molecular formula is C17H25N3O. The second-order valence-corrected chi connectivity index (χ2v) is 6.03. The van der Waals surface area contributed by atoms with Gasteiger partial charge in [-0.05, 0) is 50.8 Å². The van der Waals surface area contributed by atoms with Crippen molar-refractivity contribution < 1.29 is 4.42 Å². The summed E-state index contributed by atoms with van der Waals surface area (Å²) in [4.78, 5) is 6.88. The molecule has 1 aliphatic rings. The standard InChI is InChI=1S/C17H25N3O/c1-3-10-18-13(2)14-8-11-20(12-9-14)17-19-15-6-4-5-7-16(15)21-17/h4-7,13-14,18H,3,8-12H2,1-2H3. The minimum atomic E-state index is 0.607. The van der Waals surface area contributed by atoms with Crippen LogP contribution in [0.25, 0.3) is 11.1 Å². The molecule has 1 saturated heterocycles. The van der Waals surface area contributed by atoms with E-state index in [1.165, 1.54) is 19.3 Å². The zero-order valence-corrected chi connectivity index (χ0v) is 13.0. The van der Waals surface area contributed by atoms with E-state index in [1.807, 2.05) is 24.3 Å². The lowest BCUT2D eigenvalue weighted by molar-refractivity contribution is 0.306. The van der Waals surface area contributed by atoms with E-state index in [0.717, 1.165) is 42.7 Å². The smallest absolute Gasteiger partial charge is 0.298 e. The minimum absolute atomic E-state index is 0.607. The molecule has 1 atom stereocenters. The maximum atomic E-state index is 5.87. The van der Waals surface area contributed by atoms with Gasteiger partial charge in [-0.1, -0.05) is 19.1 Å². The van der Waals surface area contributed by atoms with Crippen LogP contribution in [0.1, 0.15) is 33.1 Å². The Labute approximate surface area is 126 Å². The van der Waals surface area contributed by atoms with E-state index >= 15 is 0 Å². The van der Waals surface area contributed by atoms with Gasteiger partial charge >= 0.3 is 0 Å². The minimum Gasteiger partial charge on any atom is -0.423 e. The van der Waals surface area contributed by atoms with Crippen molar-refractivity contribution >= 4 is 17.1 Å². The first-order valence-electron chi connectivity index (χ1n) is 8.12. The summed E-state index contributed by atoms with van der Waals surface area (Å²) in [6, 6.07) is 9.37. The van der Waals surface area contributed by atoms with Crippen molar-refractivity contribution in [2.75, 3.05) is 24.5 Å². The number of aromatic nitrogens is 1. The third-order valence-corrected chi connectivity index (χ3v) is 4.52. The van der Waals surface area contributed by atoms with E-state index < -0.39 is 0 Å². The van der Waals surface area contributed by atoms with Crippen LogP contribution in [0, 0.1) is 5.92 Å². The van der Waals surface area contributed by atoms with Gasteiger partial charge in [0.15, 0.2) is 5.58 Å². The van der Waals surface area contributed by atoms with Crippen LogP contribution in [0.3, 0.4) is 0 Å². The van der Waals surface area contributed by atoms with Crippen LogP contribution in [0.2, 0.25) is 0 Å². The van der Waals surface area contributed by atoms with Gasteiger partial charge in [0.25, 0.3) is 6.01 Å². The molecule has 114 valence electrons. The Bertz CT molecular complexity index is 539. The Balaban J connectivity index is 1.60. The van der Waals surface area contributed by atoms with Crippen LogP contribution >= 0.6 is 0 Å². The van der Waals surface area contributed by atoms with Crippen LogP contribution in [0.5, 0.6) is 0 Å². The lowest BCUT2D eigenvalue weighted by Crippen LogP contribution is -2.42. The predicted octanol–water partition coefficient (Wildman–Crippen LogP) is 3.43. The molecule has 21 heavy (non-hydrogen) atoms. The zero-order valence-electron chi connectivity index (χ0n) is 13.0. The van der Waals surface area contributed by atoms with Gasteiger partial charge in [0.1, 0.15) is 5.52 Å². The first-order valence-corrected chi connectivity index (χ1v) is 8.12. The van der Waals surface area contributed by atoms with E-state index in [4.69, 9.17) is 4.42 Å². The molecule has 1 aromatic heterocycles. The van der Waals surface area contributed by atoms with E-state index in [-0.39, 0.29) is 0 Å². The second-order valence-electron chi connectivity index (χ2n) is 6.03. The molecular weight excluding hydrogens is 262 g/mol. The topological polar surface area (TPSA) is 41.3 Å². The second kappa shape index (κ2) is 6.48. The molecule has 1 aliphatic heterocycles. The van der Waals surface area contributed by atoms with Crippen molar-refractivity contribution in [2.45, 2.75) is 39.2 Å². The van der Waals surface area contributed by atoms with Crippen molar-refractivity contribution in [3.05, 3.63) is 24.3 Å². The van der Waals surface area contributed by atoms with Gasteiger partial charge in [0, 0.05) is 19.1 Å². The van der Waals surface area contributed by atoms with Crippen LogP contribution < -0.4 is 10.2 Å². The molecule has 0 spiro atoms. The van der Waals surface area contributed by atoms with Crippen LogP contribution in [-0.4, -0.2) is 30.7 Å². The van der Waals surface area contributed by atoms with Gasteiger partial charge in [-0.3, -0.25) is 0 Å². The summed E-state index contributed by atoms with van der Waals surface area (Å²) in [5.41, 5.74) is 1.83. The molecule has 1 unspecified atom stereocenters. The van der Waals surface area contributed by atoms with Gasteiger partial charge in [-0.15, -0.1) is 0 Å². The number of fused-ring (bicyclic) bond motifs is 1. The SMILES string of the molecule is CCCNC(C)C1CCN(c2nc3ccccc3o2)CC1. The van der Waals surface area contributed by atoms with Crippen molar-refractivity contribution in [2.24, 2.45) is 5.92 Å². The fourth-order valence-corrected chi connectivity index (χ4v) is 3.12. The summed E-state index contributed by atoms with van der Waals surface area (Å²) in [7, 11) is 0. The van der Waals surface area contributed by atoms with Crippen molar-refractivity contribution in [3.8, 4) is 0 Å². The average molecular weight is 287 g/mol. The quantitative estimate of drug-likeness (QED) is 0.914. The number of piperidine rings is 1. The predicted molar refractivity (Wildman–Crippen MR) is 86.7 cm³/mol. The molecule has 0 aliphatic carbocycles. The van der Waals surface area contributed by atoms with Gasteiger partial charge in [0.2, 0.25) is 0 Å². The number of benzene rings is 1. The Kier molecular flexibility index (Phi) is 4.44. The average Bonchev–Trinajstić information content (AvgIpc) is 2.96. The van der Waals surface area contributed by atoms with Gasteiger partial charge in [-0.25, -0.2) is 0 Å². The lowest BCUT2D eigenvalue weighted by atomic mass is 9.90. The normalized spacial score (nSPS) is 18.3. The van der Waals surface area contributed by atoms with Gasteiger partial charge in [-0.2, -0.15) is 4.98 Å². The Morgan fingerprint density at radius 1 is 1.33 bits per heavy atom. The fraction of sp³-hybridized carbons (Fsp3) is 0.588. The van der Waals surface area contributed by atoms with Crippen LogP contribution in [0.15, 0.2) is 28.7 Å². The molecule has 1 N–H and O–H groups in total. The summed E-state index contributed by atoms with van der Waals surface area (Å²) >= 11 is 0. The van der Waals surface area contributed by atoms with Crippen LogP contribution in [-0.2, 0) is 0 Å². The molecule has 4 nitrogen and oxygen atoms in total. The molecule has 2 aromatic rings. The molecule has 0 bridgehead atoms. The fourth-order valence-electron chi connectivity index (χ4n) is 3.12. The molecule has 0 saturated carbocycles. The summed E-state index contributed by atoms with van der Waals surface area (Å²) in [6.45, 7) is 7.72. The molecule has 3 rings (SSSR count). The lowest BCUT2D eigenvalue weighted by Gasteiger charge is -2.34. The highest BCUT2D eigenvalue weighted by atomic mass is 16.4. The number of nitrogens with zero attached hydrogens (tertiary/aromatic N) is 2. The van der Waals surface area contributed by atoms with E-state index in [1.54, 1.807) is 0 Å². The number of hydrogen-bond donors (Lipinski definition) is 1. The van der Waals surface area contributed by atoms with Gasteiger partial charge in [0.05, 0.1) is 0 Å². The van der Waals surface area contributed by atoms with E-state index in [0.29, 0.717) is 6.04 Å². The van der Waals surface area contributed by atoms with Crippen molar-refractivity contribution in [1.82, 2.24) is 10.3 Å². The molecule has 4 heteroatoms. The molecule has 1 aromatic carbocycles. The summed E-state index contributed by atoms with van der Waals surface area (Å²) < 4.78 is 5.87. The Hall–Kier alpha value is -1.55. The first-order chi connectivity index (χ1) is 10.3. The highest BCUT2D eigenvalue weighted by Gasteiger charge is 2.25. The molecule has 2 heterocycles. The highest BCUT2D eigenvalue weighted by Crippen LogP contribution is 2.27. The zero-order chi connectivity index (χ0) is 14.7. The maximum absolute atomic E-state index is 5.87. The van der Waals surface area contributed by atoms with E-state index in [9.17, 15) is 0 Å². The monoisotopic (exact) mass is 287 g/mol.